The molecule has 0 amide bonds. The quantitative estimate of drug-likeness (QED) is 0.258. The summed E-state index contributed by atoms with van der Waals surface area (Å²) in [4.78, 5) is 11.2. The van der Waals surface area contributed by atoms with Gasteiger partial charge in [0.2, 0.25) is 0 Å². The number of fused-ring (bicyclic) bond motifs is 1. The van der Waals surface area contributed by atoms with Crippen LogP contribution in [-0.4, -0.2) is 22.8 Å². The Morgan fingerprint density at radius 3 is 2.42 bits per heavy atom. The summed E-state index contributed by atoms with van der Waals surface area (Å²) >= 11 is 0. The minimum atomic E-state index is -0.839. The van der Waals surface area contributed by atoms with Crippen LogP contribution < -0.4 is 14.2 Å². The van der Waals surface area contributed by atoms with Crippen molar-refractivity contribution in [2.24, 2.45) is 0 Å². The Kier molecular flexibility index (Phi) is 7.22. The van der Waals surface area contributed by atoms with Gasteiger partial charge in [-0.05, 0) is 72.0 Å². The van der Waals surface area contributed by atoms with Gasteiger partial charge in [-0.3, -0.25) is 4.79 Å². The van der Waals surface area contributed by atoms with E-state index in [1.165, 1.54) is 0 Å². The first-order valence-corrected chi connectivity index (χ1v) is 12.6. The van der Waals surface area contributed by atoms with E-state index in [4.69, 9.17) is 19.3 Å². The lowest BCUT2D eigenvalue weighted by Crippen LogP contribution is -2.07. The van der Waals surface area contributed by atoms with E-state index in [-0.39, 0.29) is 24.7 Å². The van der Waals surface area contributed by atoms with Crippen molar-refractivity contribution in [1.29, 1.82) is 0 Å². The zero-order valence-corrected chi connectivity index (χ0v) is 21.4. The standard InChI is InChI=1S/C32H30O6/c1-20-12-26(33)13-21(2)32(20)23-8-11-29(37-17-22-6-4-3-5-7-22)25(14-23)19-36-27-9-10-28-24(15-31(34)35)18-38-30(28)16-27/h3-14,16,24,33H,15,17-19H2,1-2H3,(H,34,35)/t24-/m1/s1. The number of aryl methyl sites for hydroxylation is 2. The minimum Gasteiger partial charge on any atom is -0.508 e. The Morgan fingerprint density at radius 1 is 0.921 bits per heavy atom. The third-order valence-electron chi connectivity index (χ3n) is 6.78. The van der Waals surface area contributed by atoms with Crippen molar-refractivity contribution in [1.82, 2.24) is 0 Å². The van der Waals surface area contributed by atoms with Crippen LogP contribution in [0, 0.1) is 13.8 Å². The molecule has 0 saturated heterocycles. The molecule has 5 rings (SSSR count). The number of hydrogen-bond donors (Lipinski definition) is 2. The van der Waals surface area contributed by atoms with Crippen LogP contribution >= 0.6 is 0 Å². The number of phenols is 1. The largest absolute Gasteiger partial charge is 0.508 e. The zero-order valence-electron chi connectivity index (χ0n) is 21.4. The predicted molar refractivity (Wildman–Crippen MR) is 145 cm³/mol. The summed E-state index contributed by atoms with van der Waals surface area (Å²) in [6.45, 7) is 5.03. The number of ether oxygens (including phenoxy) is 3. The van der Waals surface area contributed by atoms with Crippen LogP contribution in [0.15, 0.2) is 78.9 Å². The normalized spacial score (nSPS) is 14.0. The Labute approximate surface area is 222 Å². The van der Waals surface area contributed by atoms with Gasteiger partial charge in [0.1, 0.15) is 36.2 Å². The van der Waals surface area contributed by atoms with Gasteiger partial charge in [0.05, 0.1) is 13.0 Å². The molecule has 1 aliphatic rings. The van der Waals surface area contributed by atoms with E-state index in [0.29, 0.717) is 24.7 Å². The molecule has 0 radical (unpaired) electrons. The molecular formula is C32H30O6. The van der Waals surface area contributed by atoms with Crippen LogP contribution in [0.2, 0.25) is 0 Å². The third kappa shape index (κ3) is 5.59. The van der Waals surface area contributed by atoms with E-state index >= 15 is 0 Å². The molecule has 0 saturated carbocycles. The highest BCUT2D eigenvalue weighted by Gasteiger charge is 2.26. The molecule has 1 atom stereocenters. The molecule has 4 aromatic carbocycles. The topological polar surface area (TPSA) is 85.2 Å². The van der Waals surface area contributed by atoms with Crippen molar-refractivity contribution in [3.05, 3.63) is 107 Å². The van der Waals surface area contributed by atoms with Crippen LogP contribution in [0.25, 0.3) is 11.1 Å². The number of rotatable bonds is 9. The van der Waals surface area contributed by atoms with Gasteiger partial charge in [-0.2, -0.15) is 0 Å². The molecule has 1 aliphatic heterocycles. The molecule has 0 spiro atoms. The fourth-order valence-electron chi connectivity index (χ4n) is 5.01. The molecule has 2 N–H and O–H groups in total. The number of benzene rings is 4. The van der Waals surface area contributed by atoms with Crippen LogP contribution in [-0.2, 0) is 18.0 Å². The van der Waals surface area contributed by atoms with Crippen molar-refractivity contribution in [3.8, 4) is 34.1 Å². The average molecular weight is 511 g/mol. The highest BCUT2D eigenvalue weighted by molar-refractivity contribution is 5.73. The fourth-order valence-corrected chi connectivity index (χ4v) is 5.01. The van der Waals surface area contributed by atoms with E-state index in [0.717, 1.165) is 44.7 Å². The van der Waals surface area contributed by atoms with Crippen molar-refractivity contribution in [2.75, 3.05) is 6.61 Å². The van der Waals surface area contributed by atoms with E-state index < -0.39 is 5.97 Å². The van der Waals surface area contributed by atoms with Gasteiger partial charge in [0, 0.05) is 23.1 Å². The second kappa shape index (κ2) is 10.9. The summed E-state index contributed by atoms with van der Waals surface area (Å²) in [5, 5.41) is 19.2. The van der Waals surface area contributed by atoms with Gasteiger partial charge < -0.3 is 24.4 Å². The second-order valence-electron chi connectivity index (χ2n) is 9.65. The molecule has 0 unspecified atom stereocenters. The lowest BCUT2D eigenvalue weighted by molar-refractivity contribution is -0.137. The lowest BCUT2D eigenvalue weighted by Gasteiger charge is -2.17. The van der Waals surface area contributed by atoms with Gasteiger partial charge >= 0.3 is 5.97 Å². The molecular weight excluding hydrogens is 480 g/mol. The van der Waals surface area contributed by atoms with Crippen LogP contribution in [0.3, 0.4) is 0 Å². The molecule has 0 aromatic heterocycles. The Balaban J connectivity index is 1.41. The molecule has 6 nitrogen and oxygen atoms in total. The molecule has 0 bridgehead atoms. The Morgan fingerprint density at radius 2 is 1.68 bits per heavy atom. The Bertz CT molecular complexity index is 1440. The monoisotopic (exact) mass is 510 g/mol. The summed E-state index contributed by atoms with van der Waals surface area (Å²) < 4.78 is 18.1. The molecule has 0 fully saturated rings. The molecule has 0 aliphatic carbocycles. The van der Waals surface area contributed by atoms with E-state index in [1.54, 1.807) is 12.1 Å². The molecule has 1 heterocycles. The van der Waals surface area contributed by atoms with Crippen molar-refractivity contribution in [2.45, 2.75) is 39.4 Å². The molecule has 38 heavy (non-hydrogen) atoms. The van der Waals surface area contributed by atoms with Gasteiger partial charge in [0.15, 0.2) is 0 Å². The van der Waals surface area contributed by atoms with Crippen molar-refractivity contribution < 1.29 is 29.2 Å². The number of carbonyl (C=O) groups is 1. The van der Waals surface area contributed by atoms with E-state index in [1.807, 2.05) is 74.5 Å². The Hall–Kier alpha value is -4.45. The molecule has 6 heteroatoms. The molecule has 4 aromatic rings. The summed E-state index contributed by atoms with van der Waals surface area (Å²) in [6, 6.07) is 25.1. The van der Waals surface area contributed by atoms with Gasteiger partial charge in [-0.1, -0.05) is 42.5 Å². The minimum absolute atomic E-state index is 0.0399. The average Bonchev–Trinajstić information content (AvgIpc) is 3.28. The second-order valence-corrected chi connectivity index (χ2v) is 9.65. The number of carboxylic acid groups (broad SMARTS) is 1. The van der Waals surface area contributed by atoms with Crippen LogP contribution in [0.1, 0.15) is 40.2 Å². The summed E-state index contributed by atoms with van der Waals surface area (Å²) in [7, 11) is 0. The van der Waals surface area contributed by atoms with Crippen molar-refractivity contribution in [3.63, 3.8) is 0 Å². The highest BCUT2D eigenvalue weighted by atomic mass is 16.5. The summed E-state index contributed by atoms with van der Waals surface area (Å²) in [5.74, 6) is 1.29. The number of carboxylic acids is 1. The summed E-state index contributed by atoms with van der Waals surface area (Å²) in [5.41, 5.74) is 6.90. The lowest BCUT2D eigenvalue weighted by atomic mass is 9.94. The van der Waals surface area contributed by atoms with Crippen LogP contribution in [0.5, 0.6) is 23.0 Å². The smallest absolute Gasteiger partial charge is 0.304 e. The number of hydrogen-bond acceptors (Lipinski definition) is 5. The number of aromatic hydroxyl groups is 1. The number of phenolic OH excluding ortho intramolecular Hbond substituents is 1. The van der Waals surface area contributed by atoms with Crippen molar-refractivity contribution >= 4 is 5.97 Å². The number of aliphatic carboxylic acids is 1. The maximum atomic E-state index is 11.2. The van der Waals surface area contributed by atoms with E-state index in [9.17, 15) is 9.90 Å². The first-order valence-electron chi connectivity index (χ1n) is 12.6. The third-order valence-corrected chi connectivity index (χ3v) is 6.78. The zero-order chi connectivity index (χ0) is 26.6. The maximum Gasteiger partial charge on any atom is 0.304 e. The van der Waals surface area contributed by atoms with Gasteiger partial charge in [0.25, 0.3) is 0 Å². The predicted octanol–water partition coefficient (Wildman–Crippen LogP) is 6.78. The molecule has 194 valence electrons. The van der Waals surface area contributed by atoms with Gasteiger partial charge in [-0.25, -0.2) is 0 Å². The van der Waals surface area contributed by atoms with Crippen LogP contribution in [0.4, 0.5) is 0 Å². The fraction of sp³-hybridized carbons (Fsp3) is 0.219. The van der Waals surface area contributed by atoms with Gasteiger partial charge in [-0.15, -0.1) is 0 Å². The first-order chi connectivity index (χ1) is 18.4. The SMILES string of the molecule is Cc1cc(O)cc(C)c1-c1ccc(OCc2ccccc2)c(COc2ccc3c(c2)OC[C@H]3CC(=O)O)c1. The first kappa shape index (κ1) is 25.2. The highest BCUT2D eigenvalue weighted by Crippen LogP contribution is 2.39. The van der Waals surface area contributed by atoms with E-state index in [2.05, 4.69) is 6.07 Å². The summed E-state index contributed by atoms with van der Waals surface area (Å²) in [6.07, 6.45) is 0.0399. The maximum absolute atomic E-state index is 11.2.